The molecular formula is C13H10F3N4S-. The lowest BCUT2D eigenvalue weighted by atomic mass is 10.0. The van der Waals surface area contributed by atoms with Gasteiger partial charge in [-0.25, -0.2) is 0 Å². The van der Waals surface area contributed by atoms with E-state index in [9.17, 15) is 13.2 Å². The van der Waals surface area contributed by atoms with Crippen LogP contribution in [-0.4, -0.2) is 14.8 Å². The molecule has 0 radical (unpaired) electrons. The minimum atomic E-state index is -4.62. The fourth-order valence-electron chi connectivity index (χ4n) is 1.93. The molecule has 0 N–H and O–H groups in total. The average Bonchev–Trinajstić information content (AvgIpc) is 2.78. The van der Waals surface area contributed by atoms with Crippen molar-refractivity contribution in [1.82, 2.24) is 14.8 Å². The Morgan fingerprint density at radius 2 is 2.05 bits per heavy atom. The largest absolute Gasteiger partial charge is 0.759 e. The molecule has 0 spiro atoms. The van der Waals surface area contributed by atoms with Crippen molar-refractivity contribution in [3.63, 3.8) is 0 Å². The number of halogens is 3. The first-order chi connectivity index (χ1) is 9.77. The first kappa shape index (κ1) is 15.3. The molecule has 2 aromatic rings. The van der Waals surface area contributed by atoms with E-state index in [-0.39, 0.29) is 16.2 Å². The smallest absolute Gasteiger partial charge is 0.433 e. The number of nitrogens with zero attached hydrogens (tertiary/aromatic N) is 4. The number of hydrogen-bond acceptors (Lipinski definition) is 4. The predicted octanol–water partition coefficient (Wildman–Crippen LogP) is 3.07. The van der Waals surface area contributed by atoms with Crippen LogP contribution < -0.4 is 0 Å². The van der Waals surface area contributed by atoms with Crippen LogP contribution in [0.15, 0.2) is 17.3 Å². The maximum absolute atomic E-state index is 12.9. The van der Waals surface area contributed by atoms with Crippen molar-refractivity contribution in [2.45, 2.75) is 31.6 Å². The predicted molar refractivity (Wildman–Crippen MR) is 71.2 cm³/mol. The van der Waals surface area contributed by atoms with Crippen LogP contribution in [-0.2, 0) is 25.3 Å². The number of hydrogen-bond donors (Lipinski definition) is 0. The van der Waals surface area contributed by atoms with Gasteiger partial charge in [0.05, 0.1) is 17.3 Å². The van der Waals surface area contributed by atoms with Crippen molar-refractivity contribution in [1.29, 1.82) is 5.26 Å². The molecule has 4 nitrogen and oxygen atoms in total. The van der Waals surface area contributed by atoms with Crippen LogP contribution in [0, 0.1) is 18.3 Å². The average molecular weight is 311 g/mol. The van der Waals surface area contributed by atoms with Gasteiger partial charge in [-0.2, -0.15) is 23.5 Å². The monoisotopic (exact) mass is 311 g/mol. The maximum Gasteiger partial charge on any atom is 0.433 e. The molecule has 0 unspecified atom stereocenters. The van der Waals surface area contributed by atoms with E-state index in [2.05, 4.69) is 10.1 Å². The molecule has 0 aliphatic heterocycles. The first-order valence-electron chi connectivity index (χ1n) is 6.01. The number of aryl methyl sites for hydroxylation is 2. The minimum Gasteiger partial charge on any atom is -0.759 e. The lowest BCUT2D eigenvalue weighted by Crippen LogP contribution is -2.10. The molecule has 0 aromatic carbocycles. The third-order valence-electron chi connectivity index (χ3n) is 2.95. The van der Waals surface area contributed by atoms with Gasteiger partial charge in [0.2, 0.25) is 0 Å². The van der Waals surface area contributed by atoms with Gasteiger partial charge in [0.1, 0.15) is 5.69 Å². The van der Waals surface area contributed by atoms with Gasteiger partial charge in [-0.1, -0.05) is 5.03 Å². The van der Waals surface area contributed by atoms with E-state index in [1.54, 1.807) is 17.8 Å². The van der Waals surface area contributed by atoms with E-state index in [1.807, 2.05) is 13.0 Å². The summed E-state index contributed by atoms with van der Waals surface area (Å²) in [7, 11) is 0. The van der Waals surface area contributed by atoms with E-state index < -0.39 is 11.9 Å². The molecule has 21 heavy (non-hydrogen) atoms. The molecule has 0 aliphatic rings. The van der Waals surface area contributed by atoms with Gasteiger partial charge in [-0.3, -0.25) is 9.67 Å². The number of pyridine rings is 1. The molecule has 0 bridgehead atoms. The normalized spacial score (nSPS) is 11.4. The SMILES string of the molecule is CCn1cc(-c2cc(C(F)(F)F)nc([S-])c2C#N)c(C)n1. The van der Waals surface area contributed by atoms with Crippen molar-refractivity contribution in [2.75, 3.05) is 0 Å². The summed E-state index contributed by atoms with van der Waals surface area (Å²) in [5, 5.41) is 13.0. The summed E-state index contributed by atoms with van der Waals surface area (Å²) in [4.78, 5) is 3.30. The fraction of sp³-hybridized carbons (Fsp3) is 0.308. The first-order valence-corrected chi connectivity index (χ1v) is 6.42. The van der Waals surface area contributed by atoms with Crippen LogP contribution in [0.3, 0.4) is 0 Å². The zero-order valence-corrected chi connectivity index (χ0v) is 12.0. The standard InChI is InChI=1S/C13H11F3N4S/c1-3-20-6-10(7(2)19-20)8-4-11(13(14,15)16)18-12(21)9(8)5-17/h4,6H,3H2,1-2H3,(H,18,21)/p-1. The van der Waals surface area contributed by atoms with Crippen molar-refractivity contribution in [3.05, 3.63) is 29.2 Å². The Kier molecular flexibility index (Phi) is 3.87. The van der Waals surface area contributed by atoms with Gasteiger partial charge >= 0.3 is 6.18 Å². The molecule has 2 heterocycles. The lowest BCUT2D eigenvalue weighted by molar-refractivity contribution is -0.141. The van der Waals surface area contributed by atoms with Crippen LogP contribution >= 0.6 is 0 Å². The third-order valence-corrected chi connectivity index (χ3v) is 3.24. The third kappa shape index (κ3) is 2.83. The van der Waals surface area contributed by atoms with Crippen LogP contribution in [0.25, 0.3) is 11.1 Å². The summed E-state index contributed by atoms with van der Waals surface area (Å²) in [6.45, 7) is 4.09. The molecule has 8 heteroatoms. The molecule has 0 atom stereocenters. The van der Waals surface area contributed by atoms with Crippen LogP contribution in [0.4, 0.5) is 13.2 Å². The Bertz CT molecular complexity index is 728. The second kappa shape index (κ2) is 5.33. The highest BCUT2D eigenvalue weighted by Crippen LogP contribution is 2.34. The highest BCUT2D eigenvalue weighted by molar-refractivity contribution is 7.58. The van der Waals surface area contributed by atoms with Gasteiger partial charge in [0.15, 0.2) is 0 Å². The zero-order chi connectivity index (χ0) is 15.8. The summed E-state index contributed by atoms with van der Waals surface area (Å²) in [6.07, 6.45) is -3.02. The molecule has 0 aliphatic carbocycles. The Balaban J connectivity index is 2.74. The van der Waals surface area contributed by atoms with E-state index in [0.717, 1.165) is 6.07 Å². The second-order valence-electron chi connectivity index (χ2n) is 4.33. The van der Waals surface area contributed by atoms with Gasteiger partial charge in [-0.15, -0.1) is 0 Å². The number of rotatable bonds is 2. The Labute approximate surface area is 124 Å². The lowest BCUT2D eigenvalue weighted by Gasteiger charge is -2.16. The Morgan fingerprint density at radius 3 is 2.52 bits per heavy atom. The molecule has 2 aromatic heterocycles. The quantitative estimate of drug-likeness (QED) is 0.800. The maximum atomic E-state index is 12.9. The van der Waals surface area contributed by atoms with Gasteiger partial charge in [-0.05, 0) is 19.9 Å². The summed E-state index contributed by atoms with van der Waals surface area (Å²) >= 11 is 4.81. The molecule has 110 valence electrons. The van der Waals surface area contributed by atoms with Crippen molar-refractivity contribution >= 4 is 12.6 Å². The molecule has 2 rings (SSSR count). The zero-order valence-electron chi connectivity index (χ0n) is 11.2. The van der Waals surface area contributed by atoms with Gasteiger partial charge in [0, 0.05) is 23.9 Å². The molecule has 0 saturated carbocycles. The second-order valence-corrected chi connectivity index (χ2v) is 4.72. The molecule has 0 saturated heterocycles. The number of alkyl halides is 3. The van der Waals surface area contributed by atoms with Crippen molar-refractivity contribution < 1.29 is 13.2 Å². The minimum absolute atomic E-state index is 0.0447. The van der Waals surface area contributed by atoms with Gasteiger partial charge in [0.25, 0.3) is 0 Å². The highest BCUT2D eigenvalue weighted by Gasteiger charge is 2.33. The van der Waals surface area contributed by atoms with Crippen molar-refractivity contribution in [3.8, 4) is 17.2 Å². The molecule has 0 amide bonds. The number of aromatic nitrogens is 3. The topological polar surface area (TPSA) is 54.5 Å². The van der Waals surface area contributed by atoms with Gasteiger partial charge < -0.3 is 12.6 Å². The highest BCUT2D eigenvalue weighted by atomic mass is 32.1. The van der Waals surface area contributed by atoms with Crippen LogP contribution in [0.2, 0.25) is 0 Å². The summed E-state index contributed by atoms with van der Waals surface area (Å²) in [5.74, 6) is 0. The van der Waals surface area contributed by atoms with E-state index in [0.29, 0.717) is 17.8 Å². The van der Waals surface area contributed by atoms with E-state index in [4.69, 9.17) is 17.9 Å². The van der Waals surface area contributed by atoms with Crippen LogP contribution in [0.1, 0.15) is 23.9 Å². The molecule has 0 fully saturated rings. The van der Waals surface area contributed by atoms with E-state index >= 15 is 0 Å². The molecular weight excluding hydrogens is 301 g/mol. The fourth-order valence-corrected chi connectivity index (χ4v) is 2.19. The van der Waals surface area contributed by atoms with E-state index in [1.165, 1.54) is 0 Å². The number of nitriles is 1. The van der Waals surface area contributed by atoms with Crippen LogP contribution in [0.5, 0.6) is 0 Å². The Morgan fingerprint density at radius 1 is 1.38 bits per heavy atom. The summed E-state index contributed by atoms with van der Waals surface area (Å²) < 4.78 is 40.2. The Hall–Kier alpha value is -2.14. The summed E-state index contributed by atoms with van der Waals surface area (Å²) in [5.41, 5.74) is -0.0570. The summed E-state index contributed by atoms with van der Waals surface area (Å²) in [6, 6.07) is 2.67. The van der Waals surface area contributed by atoms with Crippen molar-refractivity contribution in [2.24, 2.45) is 0 Å².